The molecule has 2 aromatic rings. The van der Waals surface area contributed by atoms with E-state index in [1.807, 2.05) is 13.8 Å². The number of pyridine rings is 2. The highest BCUT2D eigenvalue weighted by Gasteiger charge is 2.08. The summed E-state index contributed by atoms with van der Waals surface area (Å²) in [5.41, 5.74) is 6.27. The third-order valence-corrected chi connectivity index (χ3v) is 2.55. The number of nitrogens with two attached hydrogens (primary N) is 1. The molecule has 6 heteroatoms. The SMILES string of the molecule is CC(C)Oc1nc(Oc2cncc(Br)c2)ccc1N. The van der Waals surface area contributed by atoms with Crippen LogP contribution in [0.5, 0.6) is 17.5 Å². The van der Waals surface area contributed by atoms with Crippen LogP contribution in [-0.2, 0) is 0 Å². The number of ether oxygens (including phenoxy) is 2. The standard InChI is InChI=1S/C13H14BrN3O2/c1-8(2)18-13-11(15)3-4-12(17-13)19-10-5-9(14)6-16-7-10/h3-8H,15H2,1-2H3. The van der Waals surface area contributed by atoms with Crippen molar-refractivity contribution in [2.45, 2.75) is 20.0 Å². The molecule has 100 valence electrons. The molecule has 19 heavy (non-hydrogen) atoms. The first-order valence-corrected chi connectivity index (χ1v) is 6.55. The Bertz CT molecular complexity index is 576. The van der Waals surface area contributed by atoms with Crippen molar-refractivity contribution in [3.05, 3.63) is 35.1 Å². The molecular weight excluding hydrogens is 310 g/mol. The zero-order valence-corrected chi connectivity index (χ0v) is 12.2. The number of nitrogen functional groups attached to an aromatic ring is 1. The van der Waals surface area contributed by atoms with Crippen molar-refractivity contribution in [2.75, 3.05) is 5.73 Å². The molecule has 2 N–H and O–H groups in total. The molecule has 5 nitrogen and oxygen atoms in total. The maximum absolute atomic E-state index is 5.79. The maximum Gasteiger partial charge on any atom is 0.240 e. The monoisotopic (exact) mass is 323 g/mol. The quantitative estimate of drug-likeness (QED) is 0.933. The van der Waals surface area contributed by atoms with Crippen LogP contribution in [0.15, 0.2) is 35.1 Å². The third kappa shape index (κ3) is 3.82. The second-order valence-corrected chi connectivity index (χ2v) is 5.07. The van der Waals surface area contributed by atoms with Crippen LogP contribution < -0.4 is 15.2 Å². The first-order valence-electron chi connectivity index (χ1n) is 5.76. The van der Waals surface area contributed by atoms with E-state index in [4.69, 9.17) is 15.2 Å². The van der Waals surface area contributed by atoms with Gasteiger partial charge in [0.05, 0.1) is 18.0 Å². The van der Waals surface area contributed by atoms with E-state index in [0.717, 1.165) is 4.47 Å². The average molecular weight is 324 g/mol. The summed E-state index contributed by atoms with van der Waals surface area (Å²) < 4.78 is 11.9. The Kier molecular flexibility index (Phi) is 4.21. The molecule has 2 aromatic heterocycles. The molecule has 0 aromatic carbocycles. The van der Waals surface area contributed by atoms with Crippen molar-refractivity contribution in [1.29, 1.82) is 0 Å². The topological polar surface area (TPSA) is 70.3 Å². The molecule has 2 heterocycles. The van der Waals surface area contributed by atoms with Crippen LogP contribution in [0.2, 0.25) is 0 Å². The number of halogens is 1. The summed E-state index contributed by atoms with van der Waals surface area (Å²) in [4.78, 5) is 8.24. The van der Waals surface area contributed by atoms with Crippen molar-refractivity contribution < 1.29 is 9.47 Å². The molecule has 0 saturated carbocycles. The van der Waals surface area contributed by atoms with Gasteiger partial charge in [0, 0.05) is 16.7 Å². The number of nitrogens with zero attached hydrogens (tertiary/aromatic N) is 2. The average Bonchev–Trinajstić information content (AvgIpc) is 2.33. The van der Waals surface area contributed by atoms with Crippen LogP contribution in [0.25, 0.3) is 0 Å². The Labute approximate surface area is 119 Å². The summed E-state index contributed by atoms with van der Waals surface area (Å²) in [6, 6.07) is 5.18. The predicted molar refractivity (Wildman–Crippen MR) is 76.4 cm³/mol. The first kappa shape index (κ1) is 13.6. The summed E-state index contributed by atoms with van der Waals surface area (Å²) in [6.07, 6.45) is 3.28. The summed E-state index contributed by atoms with van der Waals surface area (Å²) in [5.74, 6) is 1.36. The predicted octanol–water partition coefficient (Wildman–Crippen LogP) is 3.40. The molecule has 0 bridgehead atoms. The van der Waals surface area contributed by atoms with Gasteiger partial charge in [0.2, 0.25) is 11.8 Å². The number of hydrogen-bond donors (Lipinski definition) is 1. The van der Waals surface area contributed by atoms with Gasteiger partial charge in [0.25, 0.3) is 0 Å². The Morgan fingerprint density at radius 1 is 1.26 bits per heavy atom. The fourth-order valence-corrected chi connectivity index (χ4v) is 1.72. The van der Waals surface area contributed by atoms with Crippen LogP contribution in [-0.4, -0.2) is 16.1 Å². The Morgan fingerprint density at radius 2 is 2.05 bits per heavy atom. The van der Waals surface area contributed by atoms with Gasteiger partial charge in [-0.3, -0.25) is 4.98 Å². The first-order chi connectivity index (χ1) is 9.04. The van der Waals surface area contributed by atoms with Crippen LogP contribution in [0, 0.1) is 0 Å². The Morgan fingerprint density at radius 3 is 2.74 bits per heavy atom. The van der Waals surface area contributed by atoms with Gasteiger partial charge >= 0.3 is 0 Å². The smallest absolute Gasteiger partial charge is 0.240 e. The highest BCUT2D eigenvalue weighted by molar-refractivity contribution is 9.10. The van der Waals surface area contributed by atoms with E-state index >= 15 is 0 Å². The molecule has 0 saturated heterocycles. The molecule has 0 aliphatic carbocycles. The third-order valence-electron chi connectivity index (χ3n) is 2.11. The van der Waals surface area contributed by atoms with Gasteiger partial charge in [-0.2, -0.15) is 4.98 Å². The fourth-order valence-electron chi connectivity index (χ4n) is 1.38. The number of hydrogen-bond acceptors (Lipinski definition) is 5. The van der Waals surface area contributed by atoms with E-state index < -0.39 is 0 Å². The van der Waals surface area contributed by atoms with Crippen molar-refractivity contribution >= 4 is 21.6 Å². The molecule has 0 radical (unpaired) electrons. The summed E-state index contributed by atoms with van der Waals surface area (Å²) in [7, 11) is 0. The molecule has 0 unspecified atom stereocenters. The van der Waals surface area contributed by atoms with Gasteiger partial charge in [-0.25, -0.2) is 0 Å². The lowest BCUT2D eigenvalue weighted by atomic mass is 10.4. The summed E-state index contributed by atoms with van der Waals surface area (Å²) in [6.45, 7) is 3.82. The van der Waals surface area contributed by atoms with Crippen LogP contribution in [0.3, 0.4) is 0 Å². The minimum atomic E-state index is -0.00223. The number of aromatic nitrogens is 2. The van der Waals surface area contributed by atoms with E-state index in [9.17, 15) is 0 Å². The second-order valence-electron chi connectivity index (χ2n) is 4.15. The highest BCUT2D eigenvalue weighted by atomic mass is 79.9. The van der Waals surface area contributed by atoms with E-state index in [2.05, 4.69) is 25.9 Å². The van der Waals surface area contributed by atoms with Gasteiger partial charge in [0.1, 0.15) is 5.75 Å². The normalized spacial score (nSPS) is 10.5. The summed E-state index contributed by atoms with van der Waals surface area (Å²) in [5, 5.41) is 0. The van der Waals surface area contributed by atoms with E-state index in [-0.39, 0.29) is 6.10 Å². The van der Waals surface area contributed by atoms with Gasteiger partial charge in [0.15, 0.2) is 0 Å². The van der Waals surface area contributed by atoms with Crippen LogP contribution in [0.1, 0.15) is 13.8 Å². The zero-order valence-electron chi connectivity index (χ0n) is 10.6. The van der Waals surface area contributed by atoms with Crippen molar-refractivity contribution in [3.8, 4) is 17.5 Å². The Hall–Kier alpha value is -1.82. The zero-order chi connectivity index (χ0) is 13.8. The summed E-state index contributed by atoms with van der Waals surface area (Å²) >= 11 is 3.33. The van der Waals surface area contributed by atoms with Crippen LogP contribution >= 0.6 is 15.9 Å². The molecule has 0 spiro atoms. The maximum atomic E-state index is 5.79. The Balaban J connectivity index is 2.21. The van der Waals surface area contributed by atoms with Crippen molar-refractivity contribution in [3.63, 3.8) is 0 Å². The van der Waals surface area contributed by atoms with E-state index in [1.165, 1.54) is 0 Å². The molecular formula is C13H14BrN3O2. The highest BCUT2D eigenvalue weighted by Crippen LogP contribution is 2.27. The lowest BCUT2D eigenvalue weighted by Crippen LogP contribution is -2.09. The number of anilines is 1. The number of rotatable bonds is 4. The molecule has 0 aliphatic rings. The van der Waals surface area contributed by atoms with Gasteiger partial charge in [-0.15, -0.1) is 0 Å². The van der Waals surface area contributed by atoms with Gasteiger partial charge < -0.3 is 15.2 Å². The largest absolute Gasteiger partial charge is 0.473 e. The molecule has 0 fully saturated rings. The lowest BCUT2D eigenvalue weighted by molar-refractivity contribution is 0.232. The van der Waals surface area contributed by atoms with Crippen LogP contribution in [0.4, 0.5) is 5.69 Å². The second kappa shape index (κ2) is 5.88. The minimum absolute atomic E-state index is 0.00223. The molecule has 2 rings (SSSR count). The van der Waals surface area contributed by atoms with Gasteiger partial charge in [-0.05, 0) is 41.9 Å². The van der Waals surface area contributed by atoms with Crippen molar-refractivity contribution in [1.82, 2.24) is 9.97 Å². The van der Waals surface area contributed by atoms with Crippen molar-refractivity contribution in [2.24, 2.45) is 0 Å². The van der Waals surface area contributed by atoms with E-state index in [0.29, 0.717) is 23.2 Å². The van der Waals surface area contributed by atoms with E-state index in [1.54, 1.807) is 30.6 Å². The fraction of sp³-hybridized carbons (Fsp3) is 0.231. The minimum Gasteiger partial charge on any atom is -0.473 e. The molecule has 0 amide bonds. The molecule has 0 aliphatic heterocycles. The van der Waals surface area contributed by atoms with Gasteiger partial charge in [-0.1, -0.05) is 0 Å². The molecule has 0 atom stereocenters. The lowest BCUT2D eigenvalue weighted by Gasteiger charge is -2.12.